The Morgan fingerprint density at radius 3 is 2.79 bits per heavy atom. The zero-order valence-electron chi connectivity index (χ0n) is 8.25. The lowest BCUT2D eigenvalue weighted by atomic mass is 9.67. The van der Waals surface area contributed by atoms with Gasteiger partial charge in [-0.3, -0.25) is 4.79 Å². The molecule has 1 heterocycles. The molecule has 0 atom stereocenters. The van der Waals surface area contributed by atoms with Crippen LogP contribution in [0.5, 0.6) is 0 Å². The van der Waals surface area contributed by atoms with Crippen LogP contribution in [0.15, 0.2) is 11.4 Å². The molecule has 0 aliphatic heterocycles. The summed E-state index contributed by atoms with van der Waals surface area (Å²) in [5, 5.41) is 11.3. The fourth-order valence-electron chi connectivity index (χ4n) is 2.10. The lowest BCUT2D eigenvalue weighted by Gasteiger charge is -2.37. The molecule has 0 spiro atoms. The number of carboxylic acids is 1. The van der Waals surface area contributed by atoms with Gasteiger partial charge in [0.05, 0.1) is 0 Å². The molecule has 2 nitrogen and oxygen atoms in total. The van der Waals surface area contributed by atoms with Gasteiger partial charge < -0.3 is 5.11 Å². The number of hydrogen-bond donors (Lipinski definition) is 1. The molecule has 1 N–H and O–H groups in total. The van der Waals surface area contributed by atoms with E-state index >= 15 is 0 Å². The van der Waals surface area contributed by atoms with E-state index in [1.54, 1.807) is 11.3 Å². The molecule has 14 heavy (non-hydrogen) atoms. The fourth-order valence-corrected chi connectivity index (χ4v) is 3.35. The summed E-state index contributed by atoms with van der Waals surface area (Å²) in [6.45, 7) is 2.08. The highest BCUT2D eigenvalue weighted by atomic mass is 32.1. The minimum atomic E-state index is -0.638. The number of rotatable bonds is 3. The van der Waals surface area contributed by atoms with Crippen LogP contribution in [0.4, 0.5) is 0 Å². The van der Waals surface area contributed by atoms with E-state index < -0.39 is 11.4 Å². The van der Waals surface area contributed by atoms with Crippen LogP contribution in [0.3, 0.4) is 0 Å². The molecular formula is C11H14O2S. The number of aliphatic carboxylic acids is 1. The molecule has 0 radical (unpaired) electrons. The summed E-state index contributed by atoms with van der Waals surface area (Å²) in [5.74, 6) is -0.638. The zero-order chi connectivity index (χ0) is 10.2. The van der Waals surface area contributed by atoms with Crippen LogP contribution in [0.2, 0.25) is 0 Å². The van der Waals surface area contributed by atoms with Gasteiger partial charge in [-0.15, -0.1) is 11.3 Å². The van der Waals surface area contributed by atoms with Crippen LogP contribution < -0.4 is 0 Å². The van der Waals surface area contributed by atoms with Crippen molar-refractivity contribution in [1.82, 2.24) is 0 Å². The molecule has 76 valence electrons. The van der Waals surface area contributed by atoms with E-state index in [0.717, 1.165) is 30.6 Å². The van der Waals surface area contributed by atoms with Crippen molar-refractivity contribution in [3.63, 3.8) is 0 Å². The fraction of sp³-hybridized carbons (Fsp3) is 0.545. The SMILES string of the molecule is CCc1ccsc1C1(C(=O)O)CCC1. The second kappa shape index (κ2) is 3.39. The molecule has 1 aromatic rings. The molecular weight excluding hydrogens is 196 g/mol. The van der Waals surface area contributed by atoms with E-state index in [4.69, 9.17) is 0 Å². The lowest BCUT2D eigenvalue weighted by molar-refractivity contribution is -0.147. The monoisotopic (exact) mass is 210 g/mol. The topological polar surface area (TPSA) is 37.3 Å². The van der Waals surface area contributed by atoms with Gasteiger partial charge in [0.25, 0.3) is 0 Å². The Hall–Kier alpha value is -0.830. The molecule has 0 amide bonds. The Bertz CT molecular complexity index is 350. The minimum Gasteiger partial charge on any atom is -0.481 e. The Balaban J connectivity index is 2.41. The van der Waals surface area contributed by atoms with Crippen molar-refractivity contribution in [2.24, 2.45) is 0 Å². The van der Waals surface area contributed by atoms with Crippen LogP contribution in [0.25, 0.3) is 0 Å². The molecule has 0 bridgehead atoms. The quantitative estimate of drug-likeness (QED) is 0.833. The van der Waals surface area contributed by atoms with E-state index in [0.29, 0.717) is 0 Å². The molecule has 0 saturated heterocycles. The van der Waals surface area contributed by atoms with Gasteiger partial charge in [0, 0.05) is 4.88 Å². The first-order valence-electron chi connectivity index (χ1n) is 5.01. The Kier molecular flexibility index (Phi) is 2.35. The summed E-state index contributed by atoms with van der Waals surface area (Å²) in [4.78, 5) is 12.4. The highest BCUT2D eigenvalue weighted by molar-refractivity contribution is 7.10. The van der Waals surface area contributed by atoms with Gasteiger partial charge in [-0.1, -0.05) is 13.3 Å². The smallest absolute Gasteiger partial charge is 0.314 e. The Morgan fingerprint density at radius 2 is 2.36 bits per heavy atom. The number of thiophene rings is 1. The van der Waals surface area contributed by atoms with Crippen molar-refractivity contribution in [2.75, 3.05) is 0 Å². The highest BCUT2D eigenvalue weighted by Gasteiger charge is 2.47. The van der Waals surface area contributed by atoms with Gasteiger partial charge in [0.2, 0.25) is 0 Å². The normalized spacial score (nSPS) is 18.9. The van der Waals surface area contributed by atoms with Crippen LogP contribution >= 0.6 is 11.3 Å². The third kappa shape index (κ3) is 1.19. The summed E-state index contributed by atoms with van der Waals surface area (Å²) in [6.07, 6.45) is 3.62. The van der Waals surface area contributed by atoms with Crippen LogP contribution in [-0.2, 0) is 16.6 Å². The predicted octanol–water partition coefficient (Wildman–Crippen LogP) is 2.82. The zero-order valence-corrected chi connectivity index (χ0v) is 9.06. The van der Waals surface area contributed by atoms with Gasteiger partial charge in [0.1, 0.15) is 5.41 Å². The van der Waals surface area contributed by atoms with Crippen molar-refractivity contribution >= 4 is 17.3 Å². The molecule has 1 aliphatic carbocycles. The molecule has 1 fully saturated rings. The van der Waals surface area contributed by atoms with Gasteiger partial charge in [0.15, 0.2) is 0 Å². The third-order valence-electron chi connectivity index (χ3n) is 3.18. The molecule has 0 unspecified atom stereocenters. The van der Waals surface area contributed by atoms with Crippen molar-refractivity contribution in [3.8, 4) is 0 Å². The molecule has 1 aromatic heterocycles. The summed E-state index contributed by atoms with van der Waals surface area (Å²) >= 11 is 1.60. The first-order chi connectivity index (χ1) is 6.70. The molecule has 3 heteroatoms. The van der Waals surface area contributed by atoms with Crippen LogP contribution in [0, 0.1) is 0 Å². The van der Waals surface area contributed by atoms with Crippen LogP contribution in [-0.4, -0.2) is 11.1 Å². The standard InChI is InChI=1S/C11H14O2S/c1-2-8-4-7-14-9(8)11(10(12)13)5-3-6-11/h4,7H,2-3,5-6H2,1H3,(H,12,13). The Morgan fingerprint density at radius 1 is 1.64 bits per heavy atom. The maximum Gasteiger partial charge on any atom is 0.314 e. The first kappa shape index (κ1) is 9.71. The van der Waals surface area contributed by atoms with Gasteiger partial charge >= 0.3 is 5.97 Å². The second-order valence-electron chi connectivity index (χ2n) is 3.87. The molecule has 2 rings (SSSR count). The van der Waals surface area contributed by atoms with E-state index in [1.807, 2.05) is 5.38 Å². The van der Waals surface area contributed by atoms with E-state index in [1.165, 1.54) is 5.56 Å². The minimum absolute atomic E-state index is 0.528. The van der Waals surface area contributed by atoms with Gasteiger partial charge in [-0.2, -0.15) is 0 Å². The number of aryl methyl sites for hydroxylation is 1. The second-order valence-corrected chi connectivity index (χ2v) is 4.79. The van der Waals surface area contributed by atoms with Gasteiger partial charge in [-0.25, -0.2) is 0 Å². The van der Waals surface area contributed by atoms with E-state index in [-0.39, 0.29) is 0 Å². The predicted molar refractivity (Wildman–Crippen MR) is 56.9 cm³/mol. The summed E-state index contributed by atoms with van der Waals surface area (Å²) in [5.41, 5.74) is 0.691. The van der Waals surface area contributed by atoms with Crippen molar-refractivity contribution in [2.45, 2.75) is 38.0 Å². The average molecular weight is 210 g/mol. The van der Waals surface area contributed by atoms with Crippen molar-refractivity contribution < 1.29 is 9.90 Å². The largest absolute Gasteiger partial charge is 0.481 e. The average Bonchev–Trinajstić information content (AvgIpc) is 2.50. The first-order valence-corrected chi connectivity index (χ1v) is 5.89. The maximum absolute atomic E-state index is 11.3. The lowest BCUT2D eigenvalue weighted by Crippen LogP contribution is -2.42. The highest BCUT2D eigenvalue weighted by Crippen LogP contribution is 2.47. The molecule has 1 saturated carbocycles. The van der Waals surface area contributed by atoms with Crippen molar-refractivity contribution in [3.05, 3.63) is 21.9 Å². The number of carbonyl (C=O) groups is 1. The third-order valence-corrected chi connectivity index (χ3v) is 4.34. The molecule has 0 aromatic carbocycles. The van der Waals surface area contributed by atoms with Crippen LogP contribution in [0.1, 0.15) is 36.6 Å². The van der Waals surface area contributed by atoms with E-state index in [9.17, 15) is 9.90 Å². The van der Waals surface area contributed by atoms with Crippen molar-refractivity contribution in [1.29, 1.82) is 0 Å². The summed E-state index contributed by atoms with van der Waals surface area (Å²) < 4.78 is 0. The number of carboxylic acid groups (broad SMARTS) is 1. The summed E-state index contributed by atoms with van der Waals surface area (Å²) in [7, 11) is 0. The van der Waals surface area contributed by atoms with E-state index in [2.05, 4.69) is 13.0 Å². The summed E-state index contributed by atoms with van der Waals surface area (Å²) in [6, 6.07) is 2.06. The number of hydrogen-bond acceptors (Lipinski definition) is 2. The van der Waals surface area contributed by atoms with Gasteiger partial charge in [-0.05, 0) is 36.3 Å². The maximum atomic E-state index is 11.3. The Labute approximate surface area is 87.6 Å². The molecule has 1 aliphatic rings.